The number of hydrogen-bond acceptors (Lipinski definition) is 16. The standard InChI is InChI=1S/C54H70N14O9S/c1-32-33(2)62-63-46(32)61-47-39-26-45(78(75,76)54(4,5)6)44(27-41(39)57-31-58-47)77-25-11-19-65-21-23-66(24-22-65)52-55-28-36(29-56-52)50(71)67-20-18-37-16-17-43(49(70)59-40-15-10-13-35-12-8-9-14-38(35)40)68(37)51(72)42(30-67)60-48(69)34(3)64(7)53(73)74/h8-9,12,14,26-29,31,34,37,40,42-43H,10-11,13,15-25,30H2,1-7H3,(H,59,70)(H,60,69)(H,73,74)(H2,57,58,61,62,63)/t34-,37+,40+,42-,43-/m0/s1. The van der Waals surface area contributed by atoms with Crippen LogP contribution in [0.1, 0.15) is 105 Å². The number of rotatable bonds is 15. The van der Waals surface area contributed by atoms with Crippen LogP contribution in [-0.4, -0.2) is 181 Å². The molecule has 2 aromatic carbocycles. The Morgan fingerprint density at radius 2 is 1.67 bits per heavy atom. The van der Waals surface area contributed by atoms with Crippen molar-refractivity contribution in [2.24, 2.45) is 0 Å². The van der Waals surface area contributed by atoms with E-state index in [-0.39, 0.29) is 47.9 Å². The number of H-pyrrole nitrogens is 1. The number of hydrogen-bond donors (Lipinski definition) is 5. The normalized spacial score (nSPS) is 20.5. The summed E-state index contributed by atoms with van der Waals surface area (Å²) in [5.41, 5.74) is 4.76. The fourth-order valence-corrected chi connectivity index (χ4v) is 12.0. The quantitative estimate of drug-likeness (QED) is 0.0899. The van der Waals surface area contributed by atoms with E-state index in [0.717, 1.165) is 41.0 Å². The number of sulfone groups is 1. The molecular weight excluding hydrogens is 1020 g/mol. The molecule has 9 rings (SSSR count). The Morgan fingerprint density at radius 1 is 0.923 bits per heavy atom. The van der Waals surface area contributed by atoms with Gasteiger partial charge in [-0.05, 0) is 104 Å². The molecule has 6 heterocycles. The average Bonchev–Trinajstić information content (AvgIpc) is 4.09. The van der Waals surface area contributed by atoms with E-state index in [0.29, 0.717) is 86.9 Å². The lowest BCUT2D eigenvalue weighted by Gasteiger charge is -2.39. The molecule has 24 heteroatoms. The van der Waals surface area contributed by atoms with Crippen LogP contribution in [0.15, 0.2) is 60.0 Å². The van der Waals surface area contributed by atoms with Gasteiger partial charge in [-0.25, -0.2) is 33.1 Å². The highest BCUT2D eigenvalue weighted by molar-refractivity contribution is 7.92. The minimum Gasteiger partial charge on any atom is -0.492 e. The van der Waals surface area contributed by atoms with Gasteiger partial charge in [0.15, 0.2) is 15.7 Å². The molecule has 0 radical (unpaired) electrons. The van der Waals surface area contributed by atoms with E-state index in [1.165, 1.54) is 43.2 Å². The third-order valence-corrected chi connectivity index (χ3v) is 18.3. The SMILES string of the molecule is Cc1[nH]nc(Nc2ncnc3cc(OCCCN4CCN(c5ncc(C(=O)N6CC[C@H]7CC[C@@H](C(=O)N[C@@H]8CCCc9ccccc98)N7C(=O)[C@@H](NC(=O)[C@H](C)N(C)C(=O)O)C6)cn5)CC4)c(S(=O)(=O)C(C)(C)C)cc23)c1C. The zero-order valence-corrected chi connectivity index (χ0v) is 46.1. The maximum Gasteiger partial charge on any atom is 0.407 e. The lowest BCUT2D eigenvalue weighted by molar-refractivity contribution is -0.145. The molecule has 3 aromatic heterocycles. The van der Waals surface area contributed by atoms with E-state index in [4.69, 9.17) is 4.74 Å². The predicted molar refractivity (Wildman–Crippen MR) is 290 cm³/mol. The summed E-state index contributed by atoms with van der Waals surface area (Å²) in [4.78, 5) is 94.8. The topological polar surface area (TPSA) is 281 Å². The van der Waals surface area contributed by atoms with Crippen molar-refractivity contribution in [3.05, 3.63) is 83.1 Å². The summed E-state index contributed by atoms with van der Waals surface area (Å²) in [6.07, 6.45) is 7.56. The van der Waals surface area contributed by atoms with Gasteiger partial charge in [-0.2, -0.15) is 5.10 Å². The van der Waals surface area contributed by atoms with Crippen molar-refractivity contribution in [1.82, 2.24) is 60.4 Å². The Bertz CT molecular complexity index is 3180. The summed E-state index contributed by atoms with van der Waals surface area (Å²) in [6.45, 7) is 13.7. The number of nitrogens with zero attached hydrogens (tertiary/aromatic N) is 10. The van der Waals surface area contributed by atoms with Gasteiger partial charge in [0, 0.05) is 87.5 Å². The largest absolute Gasteiger partial charge is 0.492 e. The molecule has 4 aliphatic rings. The smallest absolute Gasteiger partial charge is 0.407 e. The number of anilines is 3. The zero-order chi connectivity index (χ0) is 55.6. The Labute approximate surface area is 453 Å². The van der Waals surface area contributed by atoms with Crippen molar-refractivity contribution in [2.45, 2.75) is 126 Å². The number of amides is 5. The number of aromatic amines is 1. The number of carbonyl (C=O) groups excluding carboxylic acids is 4. The molecule has 0 unspecified atom stereocenters. The molecule has 5 N–H and O–H groups in total. The van der Waals surface area contributed by atoms with E-state index >= 15 is 0 Å². The zero-order valence-electron chi connectivity index (χ0n) is 45.3. The molecular formula is C54H70N14O9S. The number of piperazine rings is 1. The Morgan fingerprint density at radius 3 is 2.37 bits per heavy atom. The molecule has 3 aliphatic heterocycles. The molecule has 5 aromatic rings. The second kappa shape index (κ2) is 22.9. The van der Waals surface area contributed by atoms with Gasteiger partial charge < -0.3 is 40.5 Å². The van der Waals surface area contributed by atoms with Crippen LogP contribution < -0.4 is 25.6 Å². The lowest BCUT2D eigenvalue weighted by atomic mass is 9.87. The first-order chi connectivity index (χ1) is 37.2. The van der Waals surface area contributed by atoms with Crippen LogP contribution in [0.5, 0.6) is 5.75 Å². The first-order valence-corrected chi connectivity index (χ1v) is 28.2. The molecule has 0 saturated carbocycles. The fraction of sp³-hybridized carbons (Fsp3) is 0.519. The molecule has 5 amide bonds. The number of aromatic nitrogens is 6. The third-order valence-electron chi connectivity index (χ3n) is 15.7. The van der Waals surface area contributed by atoms with Crippen LogP contribution in [0.3, 0.4) is 0 Å². The van der Waals surface area contributed by atoms with Gasteiger partial charge in [-0.3, -0.25) is 34.1 Å². The number of aryl methyl sites for hydroxylation is 2. The second-order valence-corrected chi connectivity index (χ2v) is 24.4. The number of fused-ring (bicyclic) bond motifs is 3. The Balaban J connectivity index is 0.818. The first-order valence-electron chi connectivity index (χ1n) is 26.7. The molecule has 78 heavy (non-hydrogen) atoms. The first kappa shape index (κ1) is 55.3. The highest BCUT2D eigenvalue weighted by Crippen LogP contribution is 2.38. The van der Waals surface area contributed by atoms with Gasteiger partial charge >= 0.3 is 6.09 Å². The van der Waals surface area contributed by atoms with Crippen LogP contribution in [0.2, 0.25) is 0 Å². The fourth-order valence-electron chi connectivity index (χ4n) is 10.7. The summed E-state index contributed by atoms with van der Waals surface area (Å²) >= 11 is 0. The second-order valence-electron chi connectivity index (χ2n) is 21.7. The van der Waals surface area contributed by atoms with Crippen LogP contribution in [0, 0.1) is 13.8 Å². The summed E-state index contributed by atoms with van der Waals surface area (Å²) in [7, 11) is -2.61. The van der Waals surface area contributed by atoms with Gasteiger partial charge in [0.25, 0.3) is 5.91 Å². The van der Waals surface area contributed by atoms with Gasteiger partial charge in [-0.15, -0.1) is 0 Å². The third kappa shape index (κ3) is 11.5. The minimum absolute atomic E-state index is 0.0526. The molecule has 23 nitrogen and oxygen atoms in total. The Kier molecular flexibility index (Phi) is 16.2. The van der Waals surface area contributed by atoms with Crippen LogP contribution >= 0.6 is 0 Å². The van der Waals surface area contributed by atoms with Gasteiger partial charge in [0.1, 0.15) is 40.9 Å². The Hall–Kier alpha value is -7.47. The summed E-state index contributed by atoms with van der Waals surface area (Å²) in [6, 6.07) is 7.45. The molecule has 3 fully saturated rings. The van der Waals surface area contributed by atoms with Gasteiger partial charge in [-0.1, -0.05) is 24.3 Å². The highest BCUT2D eigenvalue weighted by atomic mass is 32.2. The number of ether oxygens (including phenoxy) is 1. The molecule has 0 bridgehead atoms. The summed E-state index contributed by atoms with van der Waals surface area (Å²) < 4.78 is 33.1. The van der Waals surface area contributed by atoms with E-state index in [1.54, 1.807) is 37.8 Å². The van der Waals surface area contributed by atoms with Crippen molar-refractivity contribution in [1.29, 1.82) is 0 Å². The van der Waals surface area contributed by atoms with E-state index < -0.39 is 62.6 Å². The van der Waals surface area contributed by atoms with Crippen LogP contribution in [-0.2, 0) is 30.6 Å². The maximum absolute atomic E-state index is 14.7. The highest BCUT2D eigenvalue weighted by Gasteiger charge is 2.46. The van der Waals surface area contributed by atoms with E-state index in [1.807, 2.05) is 36.9 Å². The molecule has 0 spiro atoms. The number of likely N-dealkylation sites (N-methyl/N-ethyl adjacent to an activating group) is 1. The van der Waals surface area contributed by atoms with Crippen molar-refractivity contribution >= 4 is 68.0 Å². The maximum atomic E-state index is 14.7. The average molecular weight is 1090 g/mol. The van der Waals surface area contributed by atoms with E-state index in [2.05, 4.69) is 57.0 Å². The predicted octanol–water partition coefficient (Wildman–Crippen LogP) is 4.55. The summed E-state index contributed by atoms with van der Waals surface area (Å²) in [5, 5.41) is 26.6. The number of benzene rings is 2. The van der Waals surface area contributed by atoms with Crippen LogP contribution in [0.4, 0.5) is 22.4 Å². The molecule has 1 aliphatic carbocycles. The monoisotopic (exact) mass is 1090 g/mol. The van der Waals surface area contributed by atoms with Crippen molar-refractivity contribution in [2.75, 3.05) is 69.7 Å². The van der Waals surface area contributed by atoms with Gasteiger partial charge in [0.2, 0.25) is 23.7 Å². The van der Waals surface area contributed by atoms with Gasteiger partial charge in [0.05, 0.1) is 35.0 Å². The van der Waals surface area contributed by atoms with Crippen molar-refractivity contribution in [3.63, 3.8) is 0 Å². The lowest BCUT2D eigenvalue weighted by Crippen LogP contribution is -2.62. The molecule has 5 atom stereocenters. The molecule has 416 valence electrons. The number of nitrogens with one attached hydrogen (secondary N) is 4. The number of carboxylic acid groups (broad SMARTS) is 1. The summed E-state index contributed by atoms with van der Waals surface area (Å²) in [5.74, 6) is -0.285. The van der Waals surface area contributed by atoms with Crippen LogP contribution in [0.25, 0.3) is 10.9 Å². The van der Waals surface area contributed by atoms with Crippen molar-refractivity contribution in [3.8, 4) is 5.75 Å². The van der Waals surface area contributed by atoms with E-state index in [9.17, 15) is 37.5 Å². The molecule has 3 saturated heterocycles. The number of carbonyl (C=O) groups is 5. The van der Waals surface area contributed by atoms with Crippen molar-refractivity contribution < 1.29 is 42.2 Å². The minimum atomic E-state index is -3.87.